The highest BCUT2D eigenvalue weighted by Crippen LogP contribution is 2.37. The molecule has 192 valence electrons. The highest BCUT2D eigenvalue weighted by atomic mass is 32.2. The van der Waals surface area contributed by atoms with Gasteiger partial charge in [0.15, 0.2) is 17.3 Å². The van der Waals surface area contributed by atoms with E-state index in [4.69, 9.17) is 14.2 Å². The van der Waals surface area contributed by atoms with Gasteiger partial charge in [0.25, 0.3) is 0 Å². The number of hydrogen-bond donors (Lipinski definition) is 2. The van der Waals surface area contributed by atoms with Crippen molar-refractivity contribution in [3.63, 3.8) is 0 Å². The minimum atomic E-state index is -3.90. The molecule has 2 aliphatic heterocycles. The quantitative estimate of drug-likeness (QED) is 0.438. The summed E-state index contributed by atoms with van der Waals surface area (Å²) in [5.74, 6) is 0.724. The molecule has 0 aliphatic carbocycles. The smallest absolute Gasteiger partial charge is 0.303 e. The van der Waals surface area contributed by atoms with E-state index >= 15 is 0 Å². The summed E-state index contributed by atoms with van der Waals surface area (Å²) in [5.41, 5.74) is 6.77. The van der Waals surface area contributed by atoms with Gasteiger partial charge in [0.1, 0.15) is 17.2 Å². The molecule has 13 nitrogen and oxygen atoms in total. The first-order valence-corrected chi connectivity index (χ1v) is 12.8. The fraction of sp³-hybridized carbons (Fsp3) is 0.304. The number of nitrogens with zero attached hydrogens (tertiary/aromatic N) is 6. The molecular formula is C23H23N7O6S. The van der Waals surface area contributed by atoms with E-state index in [-0.39, 0.29) is 47.5 Å². The van der Waals surface area contributed by atoms with E-state index in [0.29, 0.717) is 37.0 Å². The maximum absolute atomic E-state index is 12.9. The molecular weight excluding hydrogens is 502 g/mol. The first kappa shape index (κ1) is 24.5. The van der Waals surface area contributed by atoms with Crippen LogP contribution in [0.5, 0.6) is 11.5 Å². The first-order chi connectivity index (χ1) is 17.9. The lowest BCUT2D eigenvalue weighted by atomic mass is 10.2. The molecule has 0 amide bonds. The maximum atomic E-state index is 12.9. The van der Waals surface area contributed by atoms with Gasteiger partial charge in [-0.05, 0) is 24.8 Å². The number of fused-ring (bicyclic) bond motifs is 1. The number of anilines is 1. The average Bonchev–Trinajstić information content (AvgIpc) is 3.27. The predicted molar refractivity (Wildman–Crippen MR) is 134 cm³/mol. The molecule has 1 saturated heterocycles. The Balaban J connectivity index is 1.69. The molecule has 0 unspecified atom stereocenters. The molecule has 1 fully saturated rings. The van der Waals surface area contributed by atoms with Crippen LogP contribution in [0.15, 0.2) is 46.8 Å². The lowest BCUT2D eigenvalue weighted by Crippen LogP contribution is -2.43. The Morgan fingerprint density at radius 1 is 1.24 bits per heavy atom. The summed E-state index contributed by atoms with van der Waals surface area (Å²) >= 11 is 0. The van der Waals surface area contributed by atoms with Gasteiger partial charge in [0.05, 0.1) is 38.5 Å². The van der Waals surface area contributed by atoms with Gasteiger partial charge in [-0.25, -0.2) is 9.98 Å². The largest absolute Gasteiger partial charge is 0.506 e. The van der Waals surface area contributed by atoms with Crippen molar-refractivity contribution in [2.24, 2.45) is 4.99 Å². The summed E-state index contributed by atoms with van der Waals surface area (Å²) in [6.07, 6.45) is 1.54. The van der Waals surface area contributed by atoms with E-state index in [1.54, 1.807) is 22.8 Å². The van der Waals surface area contributed by atoms with Crippen molar-refractivity contribution in [2.75, 3.05) is 44.7 Å². The zero-order valence-corrected chi connectivity index (χ0v) is 20.8. The minimum absolute atomic E-state index is 0.0346. The van der Waals surface area contributed by atoms with Gasteiger partial charge in [-0.3, -0.25) is 9.29 Å². The Morgan fingerprint density at radius 3 is 2.81 bits per heavy atom. The van der Waals surface area contributed by atoms with Crippen molar-refractivity contribution in [1.29, 1.82) is 0 Å². The van der Waals surface area contributed by atoms with Crippen molar-refractivity contribution < 1.29 is 27.7 Å². The summed E-state index contributed by atoms with van der Waals surface area (Å²) in [4.78, 5) is 9.00. The number of para-hydroxylation sites is 1. The van der Waals surface area contributed by atoms with Crippen molar-refractivity contribution in [3.8, 4) is 17.2 Å². The molecule has 0 bridgehead atoms. The molecule has 0 atom stereocenters. The number of hydrogen-bond acceptors (Lipinski definition) is 10. The maximum Gasteiger partial charge on any atom is 0.303 e. The standard InChI is InChI=1S/C23H23N7O6S/c1-3-36-20-9-4-6-15(24-20)23-25-22-16(30(23)21-17(31)7-5-8-18(21)34-2)14-19(26-27-22)28-37(32,33)29-10-12-35-13-11-29/h5,7-9,14,31H,3,10-13H2,1-2H3,(H,26,28). The highest BCUT2D eigenvalue weighted by Gasteiger charge is 2.27. The fourth-order valence-corrected chi connectivity index (χ4v) is 4.99. The summed E-state index contributed by atoms with van der Waals surface area (Å²) in [5, 5.41) is 19.0. The van der Waals surface area contributed by atoms with Crippen molar-refractivity contribution in [2.45, 2.75) is 6.92 Å². The molecule has 4 heterocycles. The van der Waals surface area contributed by atoms with Gasteiger partial charge in [0.2, 0.25) is 11.5 Å². The first-order valence-electron chi connectivity index (χ1n) is 11.3. The second kappa shape index (κ2) is 10.1. The second-order valence-electron chi connectivity index (χ2n) is 7.80. The van der Waals surface area contributed by atoms with Crippen LogP contribution in [0.1, 0.15) is 12.7 Å². The summed E-state index contributed by atoms with van der Waals surface area (Å²) in [6.45, 7) is 3.26. The third-order valence-electron chi connectivity index (χ3n) is 5.50. The van der Waals surface area contributed by atoms with Gasteiger partial charge in [-0.1, -0.05) is 11.8 Å². The van der Waals surface area contributed by atoms with Crippen LogP contribution in [0.2, 0.25) is 0 Å². The van der Waals surface area contributed by atoms with Gasteiger partial charge < -0.3 is 19.3 Å². The summed E-state index contributed by atoms with van der Waals surface area (Å²) in [6, 6.07) is 6.26. The number of aliphatic imine (C=N–C) groups is 1. The van der Waals surface area contributed by atoms with Crippen LogP contribution in [-0.2, 0) is 19.7 Å². The van der Waals surface area contributed by atoms with E-state index in [9.17, 15) is 13.5 Å². The van der Waals surface area contributed by atoms with E-state index in [0.717, 1.165) is 0 Å². The number of ether oxygens (including phenoxy) is 3. The number of morpholine rings is 1. The lowest BCUT2D eigenvalue weighted by molar-refractivity contribution is 0.0733. The fourth-order valence-electron chi connectivity index (χ4n) is 3.87. The number of aromatic hydroxyl groups is 1. The van der Waals surface area contributed by atoms with Crippen LogP contribution in [0.3, 0.4) is 0 Å². The Morgan fingerprint density at radius 2 is 2.05 bits per heavy atom. The van der Waals surface area contributed by atoms with Gasteiger partial charge in [-0.15, -0.1) is 10.2 Å². The number of aromatic nitrogens is 4. The topological polar surface area (TPSA) is 153 Å². The Labute approximate surface area is 212 Å². The normalized spacial score (nSPS) is 15.9. The molecule has 0 spiro atoms. The van der Waals surface area contributed by atoms with Crippen molar-refractivity contribution in [3.05, 3.63) is 47.6 Å². The second-order valence-corrected chi connectivity index (χ2v) is 9.47. The van der Waals surface area contributed by atoms with Gasteiger partial charge in [-0.2, -0.15) is 12.7 Å². The molecule has 0 saturated carbocycles. The summed E-state index contributed by atoms with van der Waals surface area (Å²) in [7, 11) is -2.44. The molecule has 2 aliphatic rings. The SMILES string of the molecule is CCOC1=NC(c2nc3nnc(NS(=O)(=O)N4CCOCC4)cc3n2-c2c(O)cccc2OC)=C=C=C1. The zero-order valence-electron chi connectivity index (χ0n) is 20.0. The van der Waals surface area contributed by atoms with Crippen LogP contribution in [0.4, 0.5) is 5.82 Å². The lowest BCUT2D eigenvalue weighted by Gasteiger charge is -2.25. The molecule has 2 N–H and O–H groups in total. The van der Waals surface area contributed by atoms with Gasteiger partial charge >= 0.3 is 10.2 Å². The predicted octanol–water partition coefficient (Wildman–Crippen LogP) is 1.62. The van der Waals surface area contributed by atoms with Crippen LogP contribution in [-0.4, -0.2) is 83.5 Å². The molecule has 37 heavy (non-hydrogen) atoms. The van der Waals surface area contributed by atoms with Crippen molar-refractivity contribution >= 4 is 38.8 Å². The van der Waals surface area contributed by atoms with E-state index < -0.39 is 10.2 Å². The Bertz CT molecular complexity index is 1590. The Kier molecular flexibility index (Phi) is 6.66. The molecule has 1 aromatic carbocycles. The molecule has 14 heteroatoms. The minimum Gasteiger partial charge on any atom is -0.506 e. The van der Waals surface area contributed by atoms with Crippen LogP contribution < -0.4 is 9.46 Å². The number of rotatable bonds is 7. The van der Waals surface area contributed by atoms with E-state index in [2.05, 4.69) is 36.4 Å². The Hall–Kier alpha value is -4.19. The average molecular weight is 526 g/mol. The number of phenols is 1. The molecule has 5 rings (SSSR count). The zero-order chi connectivity index (χ0) is 26.0. The van der Waals surface area contributed by atoms with Gasteiger partial charge in [0, 0.05) is 19.2 Å². The molecule has 3 aromatic rings. The number of benzene rings is 1. The highest BCUT2D eigenvalue weighted by molar-refractivity contribution is 7.90. The van der Waals surface area contributed by atoms with E-state index in [1.165, 1.54) is 23.5 Å². The van der Waals surface area contributed by atoms with Crippen LogP contribution >= 0.6 is 0 Å². The molecule has 0 radical (unpaired) electrons. The van der Waals surface area contributed by atoms with Crippen LogP contribution in [0.25, 0.3) is 22.5 Å². The third-order valence-corrected chi connectivity index (χ3v) is 7.01. The van der Waals surface area contributed by atoms with E-state index in [1.807, 2.05) is 6.92 Å². The number of imidazole rings is 1. The van der Waals surface area contributed by atoms with Crippen LogP contribution in [0, 0.1) is 0 Å². The molecule has 2 aromatic heterocycles. The number of methoxy groups -OCH3 is 1. The third kappa shape index (κ3) is 4.79. The summed E-state index contributed by atoms with van der Waals surface area (Å²) < 4.78 is 47.3. The number of phenolic OH excluding ortho intramolecular Hbond substituents is 1. The van der Waals surface area contributed by atoms with Crippen molar-refractivity contribution in [1.82, 2.24) is 24.1 Å². The number of nitrogens with one attached hydrogen (secondary N) is 1. The monoisotopic (exact) mass is 525 g/mol.